The van der Waals surface area contributed by atoms with Crippen molar-refractivity contribution in [2.45, 2.75) is 37.3 Å². The van der Waals surface area contributed by atoms with Crippen LogP contribution >= 0.6 is 11.8 Å². The van der Waals surface area contributed by atoms with Gasteiger partial charge in [-0.15, -0.1) is 11.8 Å². The van der Waals surface area contributed by atoms with Crippen molar-refractivity contribution >= 4 is 23.6 Å². The van der Waals surface area contributed by atoms with Gasteiger partial charge >= 0.3 is 5.97 Å². The lowest BCUT2D eigenvalue weighted by Crippen LogP contribution is -2.53. The zero-order valence-electron chi connectivity index (χ0n) is 10.6. The zero-order valence-corrected chi connectivity index (χ0v) is 11.4. The van der Waals surface area contributed by atoms with E-state index in [1.807, 2.05) is 0 Å². The second-order valence-corrected chi connectivity index (χ2v) is 6.13. The predicted octanol–water partition coefficient (Wildman–Crippen LogP) is 0.279. The number of nitrogens with one attached hydrogen (secondary N) is 1. The Balaban J connectivity index is 1.75. The molecule has 5 nitrogen and oxygen atoms in total. The van der Waals surface area contributed by atoms with Crippen LogP contribution in [0.5, 0.6) is 0 Å². The second-order valence-electron chi connectivity index (χ2n) is 5.14. The molecule has 2 saturated carbocycles. The fourth-order valence-electron chi connectivity index (χ4n) is 1.94. The molecule has 0 aromatic rings. The highest BCUT2D eigenvalue weighted by Gasteiger charge is 2.48. The molecule has 0 saturated heterocycles. The van der Waals surface area contributed by atoms with Crippen molar-refractivity contribution in [2.75, 3.05) is 18.6 Å². The highest BCUT2D eigenvalue weighted by molar-refractivity contribution is 8.00. The number of ether oxygens (including phenoxy) is 1. The third-order valence-corrected chi connectivity index (χ3v) is 4.54. The first kappa shape index (κ1) is 13.7. The molecule has 0 heterocycles. The first-order valence-corrected chi connectivity index (χ1v) is 7.46. The van der Waals surface area contributed by atoms with Crippen LogP contribution in [-0.4, -0.2) is 42.1 Å². The van der Waals surface area contributed by atoms with Gasteiger partial charge in [0.2, 0.25) is 5.91 Å². The van der Waals surface area contributed by atoms with Crippen molar-refractivity contribution in [1.29, 1.82) is 0 Å². The van der Waals surface area contributed by atoms with Gasteiger partial charge in [-0.1, -0.05) is 0 Å². The summed E-state index contributed by atoms with van der Waals surface area (Å²) >= 11 is 1.41. The van der Waals surface area contributed by atoms with Gasteiger partial charge in [0.1, 0.15) is 5.54 Å². The lowest BCUT2D eigenvalue weighted by Gasteiger charge is -2.25. The quantitative estimate of drug-likeness (QED) is 0.651. The number of hydrogen-bond acceptors (Lipinski definition) is 5. The van der Waals surface area contributed by atoms with Crippen molar-refractivity contribution in [3.8, 4) is 0 Å². The molecular formula is C12H20N2O3S. The summed E-state index contributed by atoms with van der Waals surface area (Å²) in [5.74, 6) is 0.691. The van der Waals surface area contributed by atoms with E-state index in [1.54, 1.807) is 0 Å². The van der Waals surface area contributed by atoms with Crippen LogP contribution in [0.2, 0.25) is 0 Å². The molecule has 2 aliphatic rings. The lowest BCUT2D eigenvalue weighted by molar-refractivity contribution is -0.147. The number of esters is 1. The molecule has 1 atom stereocenters. The highest BCUT2D eigenvalue weighted by atomic mass is 32.2. The molecule has 1 amide bonds. The van der Waals surface area contributed by atoms with E-state index in [2.05, 4.69) is 5.32 Å². The summed E-state index contributed by atoms with van der Waals surface area (Å²) in [7, 11) is 1.36. The Labute approximate surface area is 111 Å². The molecule has 1 unspecified atom stereocenters. The predicted molar refractivity (Wildman–Crippen MR) is 70.1 cm³/mol. The SMILES string of the molecule is COC(=O)C(N)(CSCC(=O)NC1CC1)C1CC1. The molecule has 2 rings (SSSR count). The highest BCUT2D eigenvalue weighted by Crippen LogP contribution is 2.40. The summed E-state index contributed by atoms with van der Waals surface area (Å²) in [6.45, 7) is 0. The van der Waals surface area contributed by atoms with Crippen molar-refractivity contribution in [3.05, 3.63) is 0 Å². The van der Waals surface area contributed by atoms with Crippen LogP contribution in [0.4, 0.5) is 0 Å². The molecule has 0 bridgehead atoms. The molecule has 0 radical (unpaired) electrons. The third kappa shape index (κ3) is 3.38. The van der Waals surface area contributed by atoms with Crippen LogP contribution in [0, 0.1) is 5.92 Å². The minimum absolute atomic E-state index is 0.0329. The van der Waals surface area contributed by atoms with Crippen LogP contribution in [0.3, 0.4) is 0 Å². The van der Waals surface area contributed by atoms with E-state index in [-0.39, 0.29) is 17.8 Å². The van der Waals surface area contributed by atoms with E-state index in [4.69, 9.17) is 10.5 Å². The van der Waals surface area contributed by atoms with E-state index in [9.17, 15) is 9.59 Å². The normalized spacial score (nSPS) is 22.1. The van der Waals surface area contributed by atoms with Crippen molar-refractivity contribution in [3.63, 3.8) is 0 Å². The minimum Gasteiger partial charge on any atom is -0.468 e. The first-order chi connectivity index (χ1) is 8.56. The van der Waals surface area contributed by atoms with Gasteiger partial charge in [0.25, 0.3) is 0 Å². The molecule has 0 spiro atoms. The van der Waals surface area contributed by atoms with Crippen molar-refractivity contribution < 1.29 is 14.3 Å². The lowest BCUT2D eigenvalue weighted by atomic mass is 9.97. The van der Waals surface area contributed by atoms with Gasteiger partial charge in [0.15, 0.2) is 0 Å². The number of rotatable bonds is 7. The Morgan fingerprint density at radius 1 is 1.39 bits per heavy atom. The molecule has 3 N–H and O–H groups in total. The molecule has 0 aromatic heterocycles. The average molecular weight is 272 g/mol. The first-order valence-electron chi connectivity index (χ1n) is 6.30. The van der Waals surface area contributed by atoms with Gasteiger partial charge in [0.05, 0.1) is 12.9 Å². The Bertz CT molecular complexity index is 342. The molecule has 2 aliphatic carbocycles. The maximum atomic E-state index is 11.7. The average Bonchev–Trinajstić information content (AvgIpc) is 3.18. The molecule has 6 heteroatoms. The van der Waals surface area contributed by atoms with Gasteiger partial charge in [-0.2, -0.15) is 0 Å². The Morgan fingerprint density at radius 3 is 2.56 bits per heavy atom. The summed E-state index contributed by atoms with van der Waals surface area (Å²) < 4.78 is 4.77. The number of amides is 1. The summed E-state index contributed by atoms with van der Waals surface area (Å²) in [5, 5.41) is 2.91. The third-order valence-electron chi connectivity index (χ3n) is 3.39. The number of methoxy groups -OCH3 is 1. The van der Waals surface area contributed by atoms with E-state index < -0.39 is 5.54 Å². The summed E-state index contributed by atoms with van der Waals surface area (Å²) in [5.41, 5.74) is 5.21. The summed E-state index contributed by atoms with van der Waals surface area (Å²) in [6.07, 6.45) is 4.11. The molecule has 2 fully saturated rings. The minimum atomic E-state index is -0.917. The molecular weight excluding hydrogens is 252 g/mol. The molecule has 0 aromatic carbocycles. The van der Waals surface area contributed by atoms with Crippen LogP contribution in [0.1, 0.15) is 25.7 Å². The number of nitrogens with two attached hydrogens (primary N) is 1. The van der Waals surface area contributed by atoms with Gasteiger partial charge < -0.3 is 15.8 Å². The zero-order chi connectivity index (χ0) is 13.2. The van der Waals surface area contributed by atoms with Crippen molar-refractivity contribution in [1.82, 2.24) is 5.32 Å². The number of carbonyl (C=O) groups is 2. The Hall–Kier alpha value is -0.750. The van der Waals surface area contributed by atoms with Crippen LogP contribution in [0.15, 0.2) is 0 Å². The standard InChI is InChI=1S/C12H20N2O3S/c1-17-11(16)12(13,8-2-3-8)7-18-6-10(15)14-9-4-5-9/h8-9H,2-7,13H2,1H3,(H,14,15). The fourth-order valence-corrected chi connectivity index (χ4v) is 3.00. The van der Waals surface area contributed by atoms with Crippen LogP contribution < -0.4 is 11.1 Å². The summed E-state index contributed by atoms with van der Waals surface area (Å²) in [4.78, 5) is 23.2. The van der Waals surface area contributed by atoms with E-state index >= 15 is 0 Å². The molecule has 18 heavy (non-hydrogen) atoms. The maximum absolute atomic E-state index is 11.7. The number of thioether (sulfide) groups is 1. The van der Waals surface area contributed by atoms with Gasteiger partial charge in [0, 0.05) is 11.8 Å². The molecule has 0 aliphatic heterocycles. The second kappa shape index (κ2) is 5.48. The molecule has 102 valence electrons. The van der Waals surface area contributed by atoms with E-state index in [0.29, 0.717) is 17.5 Å². The van der Waals surface area contributed by atoms with E-state index in [0.717, 1.165) is 25.7 Å². The fraction of sp³-hybridized carbons (Fsp3) is 0.833. The number of hydrogen-bond donors (Lipinski definition) is 2. The Morgan fingerprint density at radius 2 is 2.06 bits per heavy atom. The smallest absolute Gasteiger partial charge is 0.326 e. The monoisotopic (exact) mass is 272 g/mol. The largest absolute Gasteiger partial charge is 0.468 e. The maximum Gasteiger partial charge on any atom is 0.326 e. The Kier molecular flexibility index (Phi) is 4.17. The van der Waals surface area contributed by atoms with Gasteiger partial charge in [-0.05, 0) is 31.6 Å². The van der Waals surface area contributed by atoms with E-state index in [1.165, 1.54) is 18.9 Å². The van der Waals surface area contributed by atoms with Crippen LogP contribution in [-0.2, 0) is 14.3 Å². The van der Waals surface area contributed by atoms with Crippen LogP contribution in [0.25, 0.3) is 0 Å². The van der Waals surface area contributed by atoms with Gasteiger partial charge in [-0.25, -0.2) is 0 Å². The topological polar surface area (TPSA) is 81.4 Å². The number of carbonyl (C=O) groups excluding carboxylic acids is 2. The van der Waals surface area contributed by atoms with Crippen molar-refractivity contribution in [2.24, 2.45) is 11.7 Å². The summed E-state index contributed by atoms with van der Waals surface area (Å²) in [6, 6.07) is 0.379. The van der Waals surface area contributed by atoms with Gasteiger partial charge in [-0.3, -0.25) is 9.59 Å².